The third kappa shape index (κ3) is 15.1. The van der Waals surface area contributed by atoms with E-state index in [2.05, 4.69) is 0 Å². The standard InChI is InChI=1S/C28H46O6/c29-21-15-9-5-1-3-7-11-17-23-33-27(31)25-19-13-14-20-26(25)28(32)34-24-18-12-8-4-2-6-10-16-22-30/h13-14,19-20,29-30H,1-12,15-18,21-24H2. The van der Waals surface area contributed by atoms with Crippen LogP contribution in [0.2, 0.25) is 0 Å². The van der Waals surface area contributed by atoms with Crippen molar-refractivity contribution in [2.75, 3.05) is 26.4 Å². The van der Waals surface area contributed by atoms with Crippen LogP contribution in [0.25, 0.3) is 0 Å². The van der Waals surface area contributed by atoms with Gasteiger partial charge in [-0.1, -0.05) is 89.2 Å². The van der Waals surface area contributed by atoms with Crippen LogP contribution in [-0.4, -0.2) is 48.6 Å². The van der Waals surface area contributed by atoms with E-state index in [-0.39, 0.29) is 24.3 Å². The predicted octanol–water partition coefficient (Wildman–Crippen LogP) is 6.23. The lowest BCUT2D eigenvalue weighted by molar-refractivity contribution is 0.0450. The molecule has 0 aliphatic carbocycles. The SMILES string of the molecule is O=C(OCCCCCCCCCCO)c1ccccc1C(=O)OCCCCCCCCCCO. The molecule has 0 bridgehead atoms. The van der Waals surface area contributed by atoms with Gasteiger partial charge in [0, 0.05) is 13.2 Å². The number of aliphatic hydroxyl groups is 2. The van der Waals surface area contributed by atoms with Crippen LogP contribution in [0.5, 0.6) is 0 Å². The van der Waals surface area contributed by atoms with Gasteiger partial charge in [-0.15, -0.1) is 0 Å². The predicted molar refractivity (Wildman–Crippen MR) is 135 cm³/mol. The monoisotopic (exact) mass is 478 g/mol. The minimum absolute atomic E-state index is 0.263. The Morgan fingerprint density at radius 3 is 1.12 bits per heavy atom. The van der Waals surface area contributed by atoms with Gasteiger partial charge in [-0.2, -0.15) is 0 Å². The lowest BCUT2D eigenvalue weighted by Gasteiger charge is -2.10. The molecule has 1 rings (SSSR count). The maximum Gasteiger partial charge on any atom is 0.339 e. The Hall–Kier alpha value is -1.92. The Balaban J connectivity index is 2.19. The molecule has 0 spiro atoms. The second kappa shape index (κ2) is 21.6. The molecule has 6 heteroatoms. The van der Waals surface area contributed by atoms with E-state index in [0.717, 1.165) is 77.0 Å². The molecule has 1 aromatic rings. The van der Waals surface area contributed by atoms with Crippen LogP contribution in [0.1, 0.15) is 123 Å². The van der Waals surface area contributed by atoms with Gasteiger partial charge in [0.1, 0.15) is 0 Å². The summed E-state index contributed by atoms with van der Waals surface area (Å²) in [7, 11) is 0. The van der Waals surface area contributed by atoms with Crippen LogP contribution in [-0.2, 0) is 9.47 Å². The number of hydrogen-bond acceptors (Lipinski definition) is 6. The van der Waals surface area contributed by atoms with Crippen LogP contribution >= 0.6 is 0 Å². The number of aliphatic hydroxyl groups excluding tert-OH is 2. The molecule has 0 aromatic heterocycles. The van der Waals surface area contributed by atoms with Crippen molar-refractivity contribution in [1.29, 1.82) is 0 Å². The van der Waals surface area contributed by atoms with E-state index in [4.69, 9.17) is 19.7 Å². The lowest BCUT2D eigenvalue weighted by atomic mass is 10.1. The molecule has 194 valence electrons. The van der Waals surface area contributed by atoms with Crippen molar-refractivity contribution in [2.45, 2.75) is 103 Å². The second-order valence-electron chi connectivity index (χ2n) is 8.92. The van der Waals surface area contributed by atoms with Crippen LogP contribution in [0.15, 0.2) is 24.3 Å². The van der Waals surface area contributed by atoms with E-state index in [0.29, 0.717) is 13.2 Å². The summed E-state index contributed by atoms with van der Waals surface area (Å²) in [6.07, 6.45) is 16.8. The van der Waals surface area contributed by atoms with Crippen LogP contribution in [0.3, 0.4) is 0 Å². The number of carbonyl (C=O) groups excluding carboxylic acids is 2. The summed E-state index contributed by atoms with van der Waals surface area (Å²) in [5, 5.41) is 17.5. The van der Waals surface area contributed by atoms with Gasteiger partial charge in [0.05, 0.1) is 24.3 Å². The fourth-order valence-electron chi connectivity index (χ4n) is 3.87. The smallest absolute Gasteiger partial charge is 0.339 e. The van der Waals surface area contributed by atoms with Crippen molar-refractivity contribution in [3.05, 3.63) is 35.4 Å². The van der Waals surface area contributed by atoms with Gasteiger partial charge >= 0.3 is 11.9 Å². The molecule has 0 atom stereocenters. The van der Waals surface area contributed by atoms with Crippen molar-refractivity contribution >= 4 is 11.9 Å². The molecule has 0 fully saturated rings. The van der Waals surface area contributed by atoms with Crippen molar-refractivity contribution in [3.8, 4) is 0 Å². The summed E-state index contributed by atoms with van der Waals surface area (Å²) in [6, 6.07) is 6.68. The van der Waals surface area contributed by atoms with E-state index < -0.39 is 11.9 Å². The Morgan fingerprint density at radius 2 is 0.794 bits per heavy atom. The molecule has 0 saturated heterocycles. The number of hydrogen-bond donors (Lipinski definition) is 2. The molecule has 0 aliphatic heterocycles. The van der Waals surface area contributed by atoms with Crippen LogP contribution in [0, 0.1) is 0 Å². The number of ether oxygens (including phenoxy) is 2. The highest BCUT2D eigenvalue weighted by atomic mass is 16.5. The van der Waals surface area contributed by atoms with E-state index in [1.54, 1.807) is 24.3 Å². The number of carbonyl (C=O) groups is 2. The van der Waals surface area contributed by atoms with Gasteiger partial charge < -0.3 is 19.7 Å². The van der Waals surface area contributed by atoms with Gasteiger partial charge in [0.15, 0.2) is 0 Å². The molecule has 0 aliphatic rings. The van der Waals surface area contributed by atoms with Crippen LogP contribution in [0.4, 0.5) is 0 Å². The zero-order valence-electron chi connectivity index (χ0n) is 21.0. The molecule has 0 saturated carbocycles. The molecule has 34 heavy (non-hydrogen) atoms. The maximum atomic E-state index is 12.5. The molecule has 1 aromatic carbocycles. The van der Waals surface area contributed by atoms with Crippen molar-refractivity contribution in [2.24, 2.45) is 0 Å². The zero-order valence-corrected chi connectivity index (χ0v) is 21.0. The number of rotatable bonds is 22. The fraction of sp³-hybridized carbons (Fsp3) is 0.714. The molecule has 2 N–H and O–H groups in total. The Kier molecular flexibility index (Phi) is 19.1. The van der Waals surface area contributed by atoms with E-state index in [1.165, 1.54) is 25.7 Å². The summed E-state index contributed by atoms with van der Waals surface area (Å²) >= 11 is 0. The Morgan fingerprint density at radius 1 is 0.500 bits per heavy atom. The minimum Gasteiger partial charge on any atom is -0.462 e. The molecular weight excluding hydrogens is 432 g/mol. The summed E-state index contributed by atoms with van der Waals surface area (Å²) in [4.78, 5) is 25.0. The molecule has 6 nitrogen and oxygen atoms in total. The first-order valence-electron chi connectivity index (χ1n) is 13.4. The topological polar surface area (TPSA) is 93.1 Å². The summed E-state index contributed by atoms with van der Waals surface area (Å²) in [6.45, 7) is 1.26. The first kappa shape index (κ1) is 30.1. The maximum absolute atomic E-state index is 12.5. The molecule has 0 amide bonds. The highest BCUT2D eigenvalue weighted by Crippen LogP contribution is 2.14. The minimum atomic E-state index is -0.474. The largest absolute Gasteiger partial charge is 0.462 e. The average molecular weight is 479 g/mol. The van der Waals surface area contributed by atoms with Gasteiger partial charge in [0.25, 0.3) is 0 Å². The quantitative estimate of drug-likeness (QED) is 0.152. The van der Waals surface area contributed by atoms with E-state index in [1.807, 2.05) is 0 Å². The highest BCUT2D eigenvalue weighted by molar-refractivity contribution is 6.03. The molecule has 0 heterocycles. The van der Waals surface area contributed by atoms with Gasteiger partial charge in [0.2, 0.25) is 0 Å². The van der Waals surface area contributed by atoms with Crippen molar-refractivity contribution in [3.63, 3.8) is 0 Å². The van der Waals surface area contributed by atoms with E-state index in [9.17, 15) is 9.59 Å². The summed E-state index contributed by atoms with van der Waals surface area (Å²) in [5.41, 5.74) is 0.526. The number of esters is 2. The Labute approximate surface area is 206 Å². The number of benzene rings is 1. The third-order valence-electron chi connectivity index (χ3n) is 5.94. The van der Waals surface area contributed by atoms with Crippen molar-refractivity contribution < 1.29 is 29.3 Å². The average Bonchev–Trinajstić information content (AvgIpc) is 2.86. The fourth-order valence-corrected chi connectivity index (χ4v) is 3.87. The van der Waals surface area contributed by atoms with E-state index >= 15 is 0 Å². The first-order valence-corrected chi connectivity index (χ1v) is 13.4. The van der Waals surface area contributed by atoms with Crippen molar-refractivity contribution in [1.82, 2.24) is 0 Å². The molecule has 0 unspecified atom stereocenters. The first-order chi connectivity index (χ1) is 16.7. The Bertz CT molecular complexity index is 591. The zero-order chi connectivity index (χ0) is 24.7. The van der Waals surface area contributed by atoms with Gasteiger partial charge in [-0.25, -0.2) is 9.59 Å². The summed E-state index contributed by atoms with van der Waals surface area (Å²) < 4.78 is 10.8. The normalized spacial score (nSPS) is 10.9. The number of unbranched alkanes of at least 4 members (excludes halogenated alkanes) is 14. The van der Waals surface area contributed by atoms with Gasteiger partial charge in [-0.05, 0) is 37.8 Å². The lowest BCUT2D eigenvalue weighted by Crippen LogP contribution is -2.15. The van der Waals surface area contributed by atoms with Crippen LogP contribution < -0.4 is 0 Å². The highest BCUT2D eigenvalue weighted by Gasteiger charge is 2.18. The summed E-state index contributed by atoms with van der Waals surface area (Å²) in [5.74, 6) is -0.949. The molecular formula is C28H46O6. The van der Waals surface area contributed by atoms with Gasteiger partial charge in [-0.3, -0.25) is 0 Å². The molecule has 0 radical (unpaired) electrons. The third-order valence-corrected chi connectivity index (χ3v) is 5.94. The second-order valence-corrected chi connectivity index (χ2v) is 8.92.